The molecule has 0 aromatic heterocycles. The second-order valence-corrected chi connectivity index (χ2v) is 5.57. The van der Waals surface area contributed by atoms with Gasteiger partial charge in [0.25, 0.3) is 5.91 Å². The number of aryl methyl sites for hydroxylation is 1. The molecule has 22 heavy (non-hydrogen) atoms. The fraction of sp³-hybridized carbons (Fsp3) is 0.400. The van der Waals surface area contributed by atoms with E-state index >= 15 is 0 Å². The van der Waals surface area contributed by atoms with E-state index in [2.05, 4.69) is 5.32 Å². The van der Waals surface area contributed by atoms with Gasteiger partial charge < -0.3 is 10.2 Å². The quantitative estimate of drug-likeness (QED) is 0.860. The fourth-order valence-corrected chi connectivity index (χ4v) is 2.84. The molecular formula is C15H16FN3O3. The summed E-state index contributed by atoms with van der Waals surface area (Å²) in [6.07, 6.45) is 1.46. The number of carbonyl (C=O) groups is 3. The molecule has 2 fully saturated rings. The van der Waals surface area contributed by atoms with Crippen LogP contribution in [0.2, 0.25) is 0 Å². The van der Waals surface area contributed by atoms with E-state index in [1.54, 1.807) is 19.1 Å². The number of anilines is 1. The van der Waals surface area contributed by atoms with Crippen LogP contribution in [0.15, 0.2) is 18.2 Å². The molecule has 1 atom stereocenters. The largest absolute Gasteiger partial charge is 0.327 e. The van der Waals surface area contributed by atoms with E-state index in [4.69, 9.17) is 0 Å². The van der Waals surface area contributed by atoms with Gasteiger partial charge >= 0.3 is 6.03 Å². The number of nitrogens with one attached hydrogen (secondary N) is 1. The summed E-state index contributed by atoms with van der Waals surface area (Å²) >= 11 is 0. The first-order valence-electron chi connectivity index (χ1n) is 7.15. The van der Waals surface area contributed by atoms with Crippen LogP contribution >= 0.6 is 0 Å². The lowest BCUT2D eigenvalue weighted by Gasteiger charge is -2.15. The predicted molar refractivity (Wildman–Crippen MR) is 76.6 cm³/mol. The zero-order valence-corrected chi connectivity index (χ0v) is 12.1. The summed E-state index contributed by atoms with van der Waals surface area (Å²) in [4.78, 5) is 38.6. The van der Waals surface area contributed by atoms with Crippen LogP contribution < -0.4 is 5.32 Å². The molecule has 0 saturated carbocycles. The molecule has 3 rings (SSSR count). The molecule has 0 spiro atoms. The first kappa shape index (κ1) is 14.5. The molecule has 2 saturated heterocycles. The summed E-state index contributed by atoms with van der Waals surface area (Å²) in [6, 6.07) is 3.49. The lowest BCUT2D eigenvalue weighted by molar-refractivity contribution is -0.131. The molecule has 0 aliphatic carbocycles. The van der Waals surface area contributed by atoms with E-state index in [0.717, 1.165) is 11.3 Å². The van der Waals surface area contributed by atoms with Gasteiger partial charge in [-0.25, -0.2) is 9.18 Å². The van der Waals surface area contributed by atoms with Crippen LogP contribution in [-0.2, 0) is 9.59 Å². The summed E-state index contributed by atoms with van der Waals surface area (Å²) < 4.78 is 13.4. The Morgan fingerprint density at radius 1 is 1.41 bits per heavy atom. The number of hydrogen-bond donors (Lipinski definition) is 1. The van der Waals surface area contributed by atoms with Gasteiger partial charge in [0.2, 0.25) is 5.91 Å². The summed E-state index contributed by atoms with van der Waals surface area (Å²) in [7, 11) is 0. The number of imide groups is 1. The molecule has 7 heteroatoms. The van der Waals surface area contributed by atoms with Crippen LogP contribution in [0.3, 0.4) is 0 Å². The number of amides is 4. The Morgan fingerprint density at radius 2 is 2.18 bits per heavy atom. The van der Waals surface area contributed by atoms with Crippen molar-refractivity contribution in [3.63, 3.8) is 0 Å². The molecule has 1 aromatic carbocycles. The van der Waals surface area contributed by atoms with Gasteiger partial charge in [-0.05, 0) is 37.5 Å². The predicted octanol–water partition coefficient (Wildman–Crippen LogP) is 1.50. The Kier molecular flexibility index (Phi) is 3.56. The number of nitrogens with zero attached hydrogens (tertiary/aromatic N) is 2. The maximum atomic E-state index is 13.4. The molecule has 4 amide bonds. The molecule has 2 aliphatic heterocycles. The van der Waals surface area contributed by atoms with E-state index in [0.29, 0.717) is 24.2 Å². The maximum absolute atomic E-state index is 13.4. The van der Waals surface area contributed by atoms with Crippen molar-refractivity contribution in [1.82, 2.24) is 9.80 Å². The Labute approximate surface area is 126 Å². The van der Waals surface area contributed by atoms with Crippen molar-refractivity contribution in [2.75, 3.05) is 18.4 Å². The number of carbonyl (C=O) groups excluding carboxylic acids is 3. The van der Waals surface area contributed by atoms with Gasteiger partial charge in [0.1, 0.15) is 18.4 Å². The monoisotopic (exact) mass is 305 g/mol. The summed E-state index contributed by atoms with van der Waals surface area (Å²) in [5.74, 6) is -1.27. The molecule has 1 unspecified atom stereocenters. The van der Waals surface area contributed by atoms with E-state index < -0.39 is 23.8 Å². The van der Waals surface area contributed by atoms with Crippen molar-refractivity contribution in [3.8, 4) is 0 Å². The normalized spacial score (nSPS) is 20.5. The number of halogens is 1. The minimum absolute atomic E-state index is 0.299. The highest BCUT2D eigenvalue weighted by Crippen LogP contribution is 2.27. The third-order valence-electron chi connectivity index (χ3n) is 4.04. The third-order valence-corrected chi connectivity index (χ3v) is 4.04. The summed E-state index contributed by atoms with van der Waals surface area (Å²) in [6.45, 7) is 1.83. The second-order valence-electron chi connectivity index (χ2n) is 5.57. The van der Waals surface area contributed by atoms with Gasteiger partial charge in [0.05, 0.1) is 0 Å². The minimum Gasteiger partial charge on any atom is -0.324 e. The number of fused-ring (bicyclic) bond motifs is 1. The fourth-order valence-electron chi connectivity index (χ4n) is 2.84. The highest BCUT2D eigenvalue weighted by Gasteiger charge is 2.47. The molecule has 0 bridgehead atoms. The van der Waals surface area contributed by atoms with Crippen molar-refractivity contribution >= 4 is 23.5 Å². The number of urea groups is 1. The second kappa shape index (κ2) is 5.40. The van der Waals surface area contributed by atoms with Gasteiger partial charge in [0, 0.05) is 12.2 Å². The van der Waals surface area contributed by atoms with E-state index in [-0.39, 0.29) is 12.5 Å². The van der Waals surface area contributed by atoms with Crippen molar-refractivity contribution in [1.29, 1.82) is 0 Å². The standard InChI is InChI=1S/C15H16FN3O3/c1-9-4-5-10(7-11(9)16)17-13(20)8-19-14(21)12-3-2-6-18(12)15(19)22/h4-5,7,12H,2-3,6,8H2,1H3,(H,17,20). The van der Waals surface area contributed by atoms with Crippen LogP contribution in [0.1, 0.15) is 18.4 Å². The first-order chi connectivity index (χ1) is 10.5. The number of hydrogen-bond acceptors (Lipinski definition) is 3. The van der Waals surface area contributed by atoms with Crippen LogP contribution in [-0.4, -0.2) is 46.8 Å². The highest BCUT2D eigenvalue weighted by atomic mass is 19.1. The molecule has 0 radical (unpaired) electrons. The Morgan fingerprint density at radius 3 is 2.86 bits per heavy atom. The van der Waals surface area contributed by atoms with Crippen LogP contribution in [0, 0.1) is 12.7 Å². The van der Waals surface area contributed by atoms with Crippen molar-refractivity contribution in [2.24, 2.45) is 0 Å². The molecule has 6 nitrogen and oxygen atoms in total. The SMILES string of the molecule is Cc1ccc(NC(=O)CN2C(=O)C3CCCN3C2=O)cc1F. The molecule has 2 aliphatic rings. The van der Waals surface area contributed by atoms with Crippen molar-refractivity contribution in [3.05, 3.63) is 29.6 Å². The Balaban J connectivity index is 1.66. The zero-order chi connectivity index (χ0) is 15.9. The van der Waals surface area contributed by atoms with Gasteiger partial charge in [-0.2, -0.15) is 0 Å². The highest BCUT2D eigenvalue weighted by molar-refractivity contribution is 6.08. The average molecular weight is 305 g/mol. The average Bonchev–Trinajstić information content (AvgIpc) is 3.03. The van der Waals surface area contributed by atoms with Crippen molar-refractivity contribution < 1.29 is 18.8 Å². The lowest BCUT2D eigenvalue weighted by atomic mass is 10.2. The third kappa shape index (κ3) is 2.43. The molecule has 1 aromatic rings. The topological polar surface area (TPSA) is 69.7 Å². The van der Waals surface area contributed by atoms with E-state index in [1.165, 1.54) is 11.0 Å². The molecule has 1 N–H and O–H groups in total. The number of rotatable bonds is 3. The lowest BCUT2D eigenvalue weighted by Crippen LogP contribution is -2.39. The van der Waals surface area contributed by atoms with Gasteiger partial charge in [-0.15, -0.1) is 0 Å². The summed E-state index contributed by atoms with van der Waals surface area (Å²) in [5, 5.41) is 2.50. The smallest absolute Gasteiger partial charge is 0.324 e. The Hall–Kier alpha value is -2.44. The van der Waals surface area contributed by atoms with Crippen LogP contribution in [0.4, 0.5) is 14.9 Å². The Bertz CT molecular complexity index is 639. The summed E-state index contributed by atoms with van der Waals surface area (Å²) in [5.41, 5.74) is 0.774. The van der Waals surface area contributed by atoms with Crippen LogP contribution in [0.25, 0.3) is 0 Å². The van der Waals surface area contributed by atoms with E-state index in [9.17, 15) is 18.8 Å². The first-order valence-corrected chi connectivity index (χ1v) is 7.15. The van der Waals surface area contributed by atoms with E-state index in [1.807, 2.05) is 0 Å². The van der Waals surface area contributed by atoms with Gasteiger partial charge in [-0.3, -0.25) is 14.5 Å². The van der Waals surface area contributed by atoms with Crippen molar-refractivity contribution in [2.45, 2.75) is 25.8 Å². The van der Waals surface area contributed by atoms with Crippen LogP contribution in [0.5, 0.6) is 0 Å². The maximum Gasteiger partial charge on any atom is 0.327 e. The molecular weight excluding hydrogens is 289 g/mol. The minimum atomic E-state index is -0.522. The van der Waals surface area contributed by atoms with Gasteiger partial charge in [0.15, 0.2) is 0 Å². The van der Waals surface area contributed by atoms with Gasteiger partial charge in [-0.1, -0.05) is 6.07 Å². The molecule has 116 valence electrons. The zero-order valence-electron chi connectivity index (χ0n) is 12.1. The molecule has 2 heterocycles. The number of benzene rings is 1.